The number of carbonyl (C=O) groups is 3. The summed E-state index contributed by atoms with van der Waals surface area (Å²) in [6, 6.07) is 13.1. The monoisotopic (exact) mass is 425 g/mol. The highest BCUT2D eigenvalue weighted by molar-refractivity contribution is 6.00. The van der Waals surface area contributed by atoms with E-state index in [1.54, 1.807) is 48.5 Å². The van der Waals surface area contributed by atoms with E-state index in [1.807, 2.05) is 6.92 Å². The summed E-state index contributed by atoms with van der Waals surface area (Å²) >= 11 is 0. The van der Waals surface area contributed by atoms with E-state index in [-0.39, 0.29) is 24.4 Å². The highest BCUT2D eigenvalue weighted by atomic mass is 16.5. The van der Waals surface area contributed by atoms with Crippen molar-refractivity contribution in [3.05, 3.63) is 59.7 Å². The smallest absolute Gasteiger partial charge is 0.338 e. The SMILES string of the molecule is CCCC(=O)Nc1ccc(C(=O)COC(=O)c2ccc(OCC3CCCO3)cc2)cc1. The molecule has 3 rings (SSSR count). The van der Waals surface area contributed by atoms with Crippen LogP contribution in [0.2, 0.25) is 0 Å². The molecule has 31 heavy (non-hydrogen) atoms. The number of benzene rings is 2. The van der Waals surface area contributed by atoms with Gasteiger partial charge in [-0.05, 0) is 67.8 Å². The highest BCUT2D eigenvalue weighted by Crippen LogP contribution is 2.17. The van der Waals surface area contributed by atoms with E-state index >= 15 is 0 Å². The molecule has 1 saturated heterocycles. The first-order valence-corrected chi connectivity index (χ1v) is 10.5. The van der Waals surface area contributed by atoms with Crippen molar-refractivity contribution in [1.29, 1.82) is 0 Å². The van der Waals surface area contributed by atoms with Crippen LogP contribution in [0, 0.1) is 0 Å². The molecule has 0 saturated carbocycles. The first-order chi connectivity index (χ1) is 15.0. The minimum Gasteiger partial charge on any atom is -0.491 e. The molecule has 0 spiro atoms. The van der Waals surface area contributed by atoms with Crippen molar-refractivity contribution in [2.75, 3.05) is 25.1 Å². The van der Waals surface area contributed by atoms with Crippen LogP contribution >= 0.6 is 0 Å². The number of esters is 1. The van der Waals surface area contributed by atoms with Crippen LogP contribution in [0.1, 0.15) is 53.3 Å². The van der Waals surface area contributed by atoms with Gasteiger partial charge in [-0.2, -0.15) is 0 Å². The van der Waals surface area contributed by atoms with Crippen LogP contribution in [0.15, 0.2) is 48.5 Å². The van der Waals surface area contributed by atoms with Crippen LogP contribution in [0.3, 0.4) is 0 Å². The summed E-state index contributed by atoms with van der Waals surface area (Å²) in [5.74, 6) is -0.327. The predicted molar refractivity (Wildman–Crippen MR) is 116 cm³/mol. The first kappa shape index (κ1) is 22.5. The Morgan fingerprint density at radius 1 is 1.03 bits per heavy atom. The zero-order valence-corrected chi connectivity index (χ0v) is 17.6. The summed E-state index contributed by atoms with van der Waals surface area (Å²) in [6.45, 7) is 2.83. The standard InChI is InChI=1S/C24H27NO6/c1-2-4-23(27)25-19-10-6-17(7-11-19)22(26)16-31-24(28)18-8-12-20(13-9-18)30-15-21-5-3-14-29-21/h6-13,21H,2-5,14-16H2,1H3,(H,25,27). The molecule has 1 N–H and O–H groups in total. The van der Waals surface area contributed by atoms with Gasteiger partial charge in [0.15, 0.2) is 12.4 Å². The molecule has 0 aromatic heterocycles. The van der Waals surface area contributed by atoms with Crippen LogP contribution in [0.5, 0.6) is 5.75 Å². The lowest BCUT2D eigenvalue weighted by Crippen LogP contribution is -2.16. The molecule has 1 aliphatic rings. The number of hydrogen-bond acceptors (Lipinski definition) is 6. The average molecular weight is 425 g/mol. The molecule has 1 heterocycles. The Labute approximate surface area is 181 Å². The number of carbonyl (C=O) groups excluding carboxylic acids is 3. The third kappa shape index (κ3) is 6.93. The van der Waals surface area contributed by atoms with Crippen molar-refractivity contribution >= 4 is 23.3 Å². The maximum atomic E-state index is 12.3. The van der Waals surface area contributed by atoms with Crippen molar-refractivity contribution in [3.63, 3.8) is 0 Å². The van der Waals surface area contributed by atoms with Gasteiger partial charge in [0.25, 0.3) is 0 Å². The molecule has 164 valence electrons. The molecular formula is C24H27NO6. The fourth-order valence-corrected chi connectivity index (χ4v) is 3.14. The van der Waals surface area contributed by atoms with E-state index < -0.39 is 5.97 Å². The lowest BCUT2D eigenvalue weighted by atomic mass is 10.1. The topological polar surface area (TPSA) is 90.9 Å². The Balaban J connectivity index is 1.45. The third-order valence-electron chi connectivity index (χ3n) is 4.85. The fourth-order valence-electron chi connectivity index (χ4n) is 3.14. The number of nitrogens with one attached hydrogen (secondary N) is 1. The zero-order valence-electron chi connectivity index (χ0n) is 17.6. The Bertz CT molecular complexity index is 885. The molecule has 0 aliphatic carbocycles. The summed E-state index contributed by atoms with van der Waals surface area (Å²) < 4.78 is 16.3. The van der Waals surface area contributed by atoms with E-state index in [0.717, 1.165) is 25.9 Å². The van der Waals surface area contributed by atoms with Crippen molar-refractivity contribution in [1.82, 2.24) is 0 Å². The summed E-state index contributed by atoms with van der Waals surface area (Å²) in [5, 5.41) is 2.76. The molecule has 0 bridgehead atoms. The molecule has 1 amide bonds. The predicted octanol–water partition coefficient (Wildman–Crippen LogP) is 4.02. The van der Waals surface area contributed by atoms with Crippen molar-refractivity contribution in [2.24, 2.45) is 0 Å². The van der Waals surface area contributed by atoms with Gasteiger partial charge in [0, 0.05) is 24.3 Å². The summed E-state index contributed by atoms with van der Waals surface area (Å²) in [6.07, 6.45) is 3.38. The highest BCUT2D eigenvalue weighted by Gasteiger charge is 2.16. The lowest BCUT2D eigenvalue weighted by molar-refractivity contribution is -0.116. The molecule has 1 atom stereocenters. The second-order valence-electron chi connectivity index (χ2n) is 7.35. The lowest BCUT2D eigenvalue weighted by Gasteiger charge is -2.11. The number of ketones is 1. The Kier molecular flexibility index (Phi) is 8.18. The summed E-state index contributed by atoms with van der Waals surface area (Å²) in [5.41, 5.74) is 1.36. The van der Waals surface area contributed by atoms with E-state index in [2.05, 4.69) is 5.32 Å². The van der Waals surface area contributed by atoms with Gasteiger partial charge in [-0.25, -0.2) is 4.79 Å². The van der Waals surface area contributed by atoms with Gasteiger partial charge in [-0.1, -0.05) is 6.92 Å². The number of ether oxygens (including phenoxy) is 3. The number of anilines is 1. The van der Waals surface area contributed by atoms with Crippen molar-refractivity contribution < 1.29 is 28.6 Å². The maximum Gasteiger partial charge on any atom is 0.338 e. The Morgan fingerprint density at radius 2 is 1.74 bits per heavy atom. The molecule has 2 aromatic rings. The number of amides is 1. The van der Waals surface area contributed by atoms with Gasteiger partial charge in [-0.15, -0.1) is 0 Å². The number of hydrogen-bond donors (Lipinski definition) is 1. The Morgan fingerprint density at radius 3 is 2.39 bits per heavy atom. The van der Waals surface area contributed by atoms with Gasteiger partial charge in [-0.3, -0.25) is 9.59 Å². The van der Waals surface area contributed by atoms with E-state index in [4.69, 9.17) is 14.2 Å². The molecule has 7 heteroatoms. The second kappa shape index (κ2) is 11.3. The third-order valence-corrected chi connectivity index (χ3v) is 4.85. The second-order valence-corrected chi connectivity index (χ2v) is 7.35. The maximum absolute atomic E-state index is 12.3. The van der Waals surface area contributed by atoms with E-state index in [1.165, 1.54) is 0 Å². The van der Waals surface area contributed by atoms with Crippen LogP contribution in [0.25, 0.3) is 0 Å². The molecule has 1 fully saturated rings. The van der Waals surface area contributed by atoms with Crippen molar-refractivity contribution in [2.45, 2.75) is 38.7 Å². The van der Waals surface area contributed by atoms with Crippen LogP contribution < -0.4 is 10.1 Å². The van der Waals surface area contributed by atoms with E-state index in [0.29, 0.717) is 35.6 Å². The summed E-state index contributed by atoms with van der Waals surface area (Å²) in [7, 11) is 0. The zero-order chi connectivity index (χ0) is 22.1. The molecule has 2 aromatic carbocycles. The van der Waals surface area contributed by atoms with Crippen LogP contribution in [-0.4, -0.2) is 43.6 Å². The van der Waals surface area contributed by atoms with Gasteiger partial charge >= 0.3 is 5.97 Å². The fraction of sp³-hybridized carbons (Fsp3) is 0.375. The van der Waals surface area contributed by atoms with Crippen LogP contribution in [0.4, 0.5) is 5.69 Å². The summed E-state index contributed by atoms with van der Waals surface area (Å²) in [4.78, 5) is 36.1. The molecule has 7 nitrogen and oxygen atoms in total. The normalized spacial score (nSPS) is 15.3. The average Bonchev–Trinajstić information content (AvgIpc) is 3.30. The molecule has 0 radical (unpaired) electrons. The van der Waals surface area contributed by atoms with Crippen molar-refractivity contribution in [3.8, 4) is 5.75 Å². The minimum absolute atomic E-state index is 0.0706. The molecular weight excluding hydrogens is 398 g/mol. The van der Waals surface area contributed by atoms with Gasteiger partial charge in [0.2, 0.25) is 5.91 Å². The first-order valence-electron chi connectivity index (χ1n) is 10.5. The minimum atomic E-state index is -0.581. The largest absolute Gasteiger partial charge is 0.491 e. The van der Waals surface area contributed by atoms with Gasteiger partial charge < -0.3 is 19.5 Å². The molecule has 1 unspecified atom stereocenters. The Hall–Kier alpha value is -3.19. The van der Waals surface area contributed by atoms with E-state index in [9.17, 15) is 14.4 Å². The van der Waals surface area contributed by atoms with Gasteiger partial charge in [0.05, 0.1) is 11.7 Å². The number of Topliss-reactive ketones (excluding diaryl/α,β-unsaturated/α-hetero) is 1. The van der Waals surface area contributed by atoms with Gasteiger partial charge in [0.1, 0.15) is 12.4 Å². The quantitative estimate of drug-likeness (QED) is 0.457. The van der Waals surface area contributed by atoms with Crippen LogP contribution in [-0.2, 0) is 14.3 Å². The molecule has 1 aliphatic heterocycles. The number of rotatable bonds is 10.